The van der Waals surface area contributed by atoms with Gasteiger partial charge in [-0.1, -0.05) is 43.7 Å². The predicted octanol–water partition coefficient (Wildman–Crippen LogP) is 3.55. The second kappa shape index (κ2) is 7.96. The van der Waals surface area contributed by atoms with E-state index in [1.807, 2.05) is 13.8 Å². The summed E-state index contributed by atoms with van der Waals surface area (Å²) in [6.07, 6.45) is 5.15. The number of hydrogen-bond acceptors (Lipinski definition) is 2. The molecule has 3 nitrogen and oxygen atoms in total. The van der Waals surface area contributed by atoms with Gasteiger partial charge in [0, 0.05) is 6.04 Å². The van der Waals surface area contributed by atoms with Crippen molar-refractivity contribution in [2.45, 2.75) is 58.9 Å². The Morgan fingerprint density at radius 1 is 1.26 bits per heavy atom. The number of benzene rings is 1. The van der Waals surface area contributed by atoms with Gasteiger partial charge in [0.15, 0.2) is 0 Å². The van der Waals surface area contributed by atoms with Crippen LogP contribution in [0.3, 0.4) is 0 Å². The highest BCUT2D eigenvalue weighted by atomic mass is 16.2. The van der Waals surface area contributed by atoms with E-state index >= 15 is 0 Å². The van der Waals surface area contributed by atoms with Gasteiger partial charge in [-0.25, -0.2) is 0 Å². The second-order valence-electron chi connectivity index (χ2n) is 7.00. The van der Waals surface area contributed by atoms with Gasteiger partial charge in [-0.3, -0.25) is 4.79 Å². The first-order valence-corrected chi connectivity index (χ1v) is 9.12. The highest BCUT2D eigenvalue weighted by Crippen LogP contribution is 2.48. The summed E-state index contributed by atoms with van der Waals surface area (Å²) in [5, 5.41) is 3.31. The summed E-state index contributed by atoms with van der Waals surface area (Å²) in [4.78, 5) is 15.0. The largest absolute Gasteiger partial charge is 0.353 e. The molecule has 1 amide bonds. The van der Waals surface area contributed by atoms with Crippen molar-refractivity contribution in [3.05, 3.63) is 35.4 Å². The van der Waals surface area contributed by atoms with Crippen molar-refractivity contribution in [3.8, 4) is 0 Å². The average Bonchev–Trinajstić information content (AvgIpc) is 3.32. The zero-order valence-electron chi connectivity index (χ0n) is 15.2. The number of hydrogen-bond donors (Lipinski definition) is 1. The number of rotatable bonds is 4. The Morgan fingerprint density at radius 3 is 2.48 bits per heavy atom. The summed E-state index contributed by atoms with van der Waals surface area (Å²) in [5.74, 6) is 0.290. The van der Waals surface area contributed by atoms with E-state index in [4.69, 9.17) is 0 Å². The molecule has 1 saturated carbocycles. The van der Waals surface area contributed by atoms with Crippen LogP contribution in [0.1, 0.15) is 50.7 Å². The van der Waals surface area contributed by atoms with Crippen LogP contribution < -0.4 is 5.32 Å². The molecule has 2 fully saturated rings. The van der Waals surface area contributed by atoms with Gasteiger partial charge in [0.1, 0.15) is 0 Å². The third kappa shape index (κ3) is 4.81. The number of nitrogens with zero attached hydrogens (tertiary/aromatic N) is 1. The molecule has 0 atom stereocenters. The van der Waals surface area contributed by atoms with E-state index in [-0.39, 0.29) is 5.41 Å². The number of aryl methyl sites for hydroxylation is 1. The maximum Gasteiger partial charge on any atom is 0.226 e. The maximum absolute atomic E-state index is 12.6. The van der Waals surface area contributed by atoms with Crippen molar-refractivity contribution in [3.63, 3.8) is 0 Å². The molecule has 1 heterocycles. The first kappa shape index (κ1) is 18.0. The van der Waals surface area contributed by atoms with Gasteiger partial charge < -0.3 is 10.2 Å². The fourth-order valence-corrected chi connectivity index (χ4v) is 3.34. The lowest BCUT2D eigenvalue weighted by Gasteiger charge is -2.30. The van der Waals surface area contributed by atoms with E-state index in [1.54, 1.807) is 0 Å². The van der Waals surface area contributed by atoms with Gasteiger partial charge in [-0.2, -0.15) is 0 Å². The normalized spacial score (nSPS) is 20.3. The quantitative estimate of drug-likeness (QED) is 0.921. The Hall–Kier alpha value is -1.35. The molecule has 3 rings (SSSR count). The molecule has 1 aromatic rings. The van der Waals surface area contributed by atoms with E-state index in [1.165, 1.54) is 11.1 Å². The van der Waals surface area contributed by atoms with Crippen molar-refractivity contribution in [2.24, 2.45) is 5.41 Å². The van der Waals surface area contributed by atoms with Gasteiger partial charge in [-0.15, -0.1) is 0 Å². The Labute approximate surface area is 141 Å². The number of carbonyl (C=O) groups excluding carboxylic acids is 1. The van der Waals surface area contributed by atoms with Crippen molar-refractivity contribution in [2.75, 3.05) is 20.1 Å². The first-order valence-electron chi connectivity index (χ1n) is 9.12. The molecule has 1 N–H and O–H groups in total. The Bertz CT molecular complexity index is 514. The lowest BCUT2D eigenvalue weighted by Crippen LogP contribution is -2.46. The van der Waals surface area contributed by atoms with Crippen molar-refractivity contribution in [1.29, 1.82) is 0 Å². The summed E-state index contributed by atoms with van der Waals surface area (Å²) in [6.45, 7) is 8.30. The van der Waals surface area contributed by atoms with Crippen molar-refractivity contribution in [1.82, 2.24) is 10.2 Å². The van der Waals surface area contributed by atoms with E-state index in [2.05, 4.69) is 48.5 Å². The monoisotopic (exact) mass is 316 g/mol. The Morgan fingerprint density at radius 2 is 1.91 bits per heavy atom. The van der Waals surface area contributed by atoms with Crippen LogP contribution in [0.4, 0.5) is 0 Å². The van der Waals surface area contributed by atoms with Crippen molar-refractivity contribution >= 4 is 5.91 Å². The molecule has 0 radical (unpaired) electrons. The lowest BCUT2D eigenvalue weighted by molar-refractivity contribution is -0.127. The minimum Gasteiger partial charge on any atom is -0.353 e. The Kier molecular flexibility index (Phi) is 6.23. The minimum absolute atomic E-state index is 0.114. The standard InChI is InChI=1S/C18H26N2O.C2H6/c1-14-4-3-5-15(12-14)13-18(8-9-18)17(21)19-16-6-10-20(2)11-7-16;1-2/h3-5,12,16H,6-11,13H2,1-2H3,(H,19,21);1-2H3. The second-order valence-corrected chi connectivity index (χ2v) is 7.00. The van der Waals surface area contributed by atoms with Gasteiger partial charge >= 0.3 is 0 Å². The molecule has 0 aromatic heterocycles. The fraction of sp³-hybridized carbons (Fsp3) is 0.650. The summed E-state index contributed by atoms with van der Waals surface area (Å²) < 4.78 is 0. The van der Waals surface area contributed by atoms with Gasteiger partial charge in [0.05, 0.1) is 5.41 Å². The molecule has 2 aliphatic rings. The van der Waals surface area contributed by atoms with E-state index in [9.17, 15) is 4.79 Å². The number of amides is 1. The third-order valence-corrected chi connectivity index (χ3v) is 5.01. The zero-order valence-corrected chi connectivity index (χ0v) is 15.2. The summed E-state index contributed by atoms with van der Waals surface area (Å²) in [6, 6.07) is 8.94. The molecule has 0 spiro atoms. The van der Waals surface area contributed by atoms with Crippen LogP contribution in [0.2, 0.25) is 0 Å². The van der Waals surface area contributed by atoms with Crippen LogP contribution in [-0.2, 0) is 11.2 Å². The SMILES string of the molecule is CC.Cc1cccc(CC2(C(=O)NC3CCN(C)CC3)CC2)c1. The molecule has 1 aromatic carbocycles. The summed E-state index contributed by atoms with van der Waals surface area (Å²) in [7, 11) is 2.15. The number of carbonyl (C=O) groups is 1. The highest BCUT2D eigenvalue weighted by molar-refractivity contribution is 5.85. The van der Waals surface area contributed by atoms with Crippen LogP contribution in [0.25, 0.3) is 0 Å². The maximum atomic E-state index is 12.6. The first-order chi connectivity index (χ1) is 11.1. The molecule has 1 aliphatic heterocycles. The fourth-order valence-electron chi connectivity index (χ4n) is 3.34. The molecule has 23 heavy (non-hydrogen) atoms. The molecule has 128 valence electrons. The van der Waals surface area contributed by atoms with Crippen LogP contribution in [0.15, 0.2) is 24.3 Å². The predicted molar refractivity (Wildman–Crippen MR) is 96.6 cm³/mol. The van der Waals surface area contributed by atoms with Crippen LogP contribution >= 0.6 is 0 Å². The number of nitrogens with one attached hydrogen (secondary N) is 1. The third-order valence-electron chi connectivity index (χ3n) is 5.01. The topological polar surface area (TPSA) is 32.3 Å². The van der Waals surface area contributed by atoms with Crippen molar-refractivity contribution < 1.29 is 4.79 Å². The van der Waals surface area contributed by atoms with E-state index < -0.39 is 0 Å². The van der Waals surface area contributed by atoms with Gasteiger partial charge in [-0.05, 0) is 64.7 Å². The average molecular weight is 316 g/mol. The molecule has 3 heteroatoms. The molecular formula is C20H32N2O. The highest BCUT2D eigenvalue weighted by Gasteiger charge is 2.49. The van der Waals surface area contributed by atoms with Crippen LogP contribution in [0, 0.1) is 12.3 Å². The zero-order chi connectivity index (χ0) is 16.9. The Balaban J connectivity index is 0.000000924. The minimum atomic E-state index is -0.114. The smallest absolute Gasteiger partial charge is 0.226 e. The number of likely N-dealkylation sites (tertiary alicyclic amines) is 1. The lowest BCUT2D eigenvalue weighted by atomic mass is 9.93. The molecule has 0 unspecified atom stereocenters. The van der Waals surface area contributed by atoms with E-state index in [0.717, 1.165) is 45.2 Å². The van der Waals surface area contributed by atoms with E-state index in [0.29, 0.717) is 11.9 Å². The van der Waals surface area contributed by atoms with Crippen LogP contribution in [0.5, 0.6) is 0 Å². The summed E-state index contributed by atoms with van der Waals surface area (Å²) >= 11 is 0. The molecule has 1 aliphatic carbocycles. The molecular weight excluding hydrogens is 284 g/mol. The van der Waals surface area contributed by atoms with Crippen LogP contribution in [-0.4, -0.2) is 37.0 Å². The summed E-state index contributed by atoms with van der Waals surface area (Å²) in [5.41, 5.74) is 2.46. The molecule has 1 saturated heterocycles. The number of piperidine rings is 1. The van der Waals surface area contributed by atoms with Gasteiger partial charge in [0.2, 0.25) is 5.91 Å². The van der Waals surface area contributed by atoms with Gasteiger partial charge in [0.25, 0.3) is 0 Å². The molecule has 0 bridgehead atoms.